The summed E-state index contributed by atoms with van der Waals surface area (Å²) in [5.74, 6) is -5.72. The predicted octanol–water partition coefficient (Wildman–Crippen LogP) is 5.31. The Kier molecular flexibility index (Phi) is 7.27. The fourth-order valence-electron chi connectivity index (χ4n) is 5.67. The second kappa shape index (κ2) is 10.9. The van der Waals surface area contributed by atoms with Crippen LogP contribution in [0.1, 0.15) is 54.1 Å². The van der Waals surface area contributed by atoms with E-state index in [2.05, 4.69) is 16.4 Å². The van der Waals surface area contributed by atoms with Crippen LogP contribution in [0, 0.1) is 23.1 Å². The summed E-state index contributed by atoms with van der Waals surface area (Å²) in [6.07, 6.45) is -0.223. The van der Waals surface area contributed by atoms with Gasteiger partial charge < -0.3 is 19.4 Å². The molecule has 0 unspecified atom stereocenters. The van der Waals surface area contributed by atoms with Crippen LogP contribution in [0.4, 0.5) is 13.2 Å². The molecule has 1 aliphatic heterocycles. The third-order valence-electron chi connectivity index (χ3n) is 8.27. The van der Waals surface area contributed by atoms with E-state index in [1.54, 1.807) is 29.2 Å². The van der Waals surface area contributed by atoms with Gasteiger partial charge in [-0.2, -0.15) is 5.26 Å². The summed E-state index contributed by atoms with van der Waals surface area (Å²) < 4.78 is 54.5. The highest BCUT2D eigenvalue weighted by atomic mass is 19.3. The minimum absolute atomic E-state index is 0.0384. The van der Waals surface area contributed by atoms with Crippen molar-refractivity contribution in [2.24, 2.45) is 5.92 Å². The molecule has 2 saturated carbocycles. The number of oxazole rings is 1. The van der Waals surface area contributed by atoms with Gasteiger partial charge in [0.2, 0.25) is 17.7 Å². The minimum Gasteiger partial charge on any atom is -0.440 e. The molecule has 0 spiro atoms. The van der Waals surface area contributed by atoms with Crippen LogP contribution in [0.2, 0.25) is 0 Å². The smallest absolute Gasteiger partial charge is 0.254 e. The van der Waals surface area contributed by atoms with E-state index >= 15 is 0 Å². The van der Waals surface area contributed by atoms with Gasteiger partial charge in [-0.05, 0) is 55.7 Å². The zero-order valence-electron chi connectivity index (χ0n) is 22.7. The highest BCUT2D eigenvalue weighted by molar-refractivity contribution is 5.94. The lowest BCUT2D eigenvalue weighted by Crippen LogP contribution is -2.45. The molecule has 8 nitrogen and oxygen atoms in total. The molecule has 3 aliphatic rings. The van der Waals surface area contributed by atoms with Gasteiger partial charge in [-0.25, -0.2) is 18.2 Å². The number of morpholine rings is 1. The molecule has 3 fully saturated rings. The van der Waals surface area contributed by atoms with Crippen LogP contribution in [0.25, 0.3) is 22.7 Å². The van der Waals surface area contributed by atoms with Gasteiger partial charge in [0.15, 0.2) is 0 Å². The zero-order chi connectivity index (χ0) is 29.5. The minimum atomic E-state index is -3.05. The maximum Gasteiger partial charge on any atom is 0.254 e. The molecule has 218 valence electrons. The number of halogens is 3. The van der Waals surface area contributed by atoms with E-state index in [0.29, 0.717) is 61.5 Å². The number of nitriles is 1. The molecule has 42 heavy (non-hydrogen) atoms. The quantitative estimate of drug-likeness (QED) is 0.425. The average molecular weight is 579 g/mol. The van der Waals surface area contributed by atoms with Crippen molar-refractivity contribution in [2.75, 3.05) is 26.3 Å². The van der Waals surface area contributed by atoms with Gasteiger partial charge in [0.1, 0.15) is 22.8 Å². The van der Waals surface area contributed by atoms with Crippen LogP contribution in [-0.4, -0.2) is 59.5 Å². The molecule has 1 saturated heterocycles. The lowest BCUT2D eigenvalue weighted by Gasteiger charge is -2.34. The van der Waals surface area contributed by atoms with E-state index in [-0.39, 0.29) is 24.0 Å². The molecular formula is C31H29F3N4O4. The van der Waals surface area contributed by atoms with Crippen LogP contribution < -0.4 is 5.32 Å². The summed E-state index contributed by atoms with van der Waals surface area (Å²) in [6.45, 7) is 1.95. The molecule has 0 radical (unpaired) electrons. The van der Waals surface area contributed by atoms with Gasteiger partial charge in [0.05, 0.1) is 25.2 Å². The number of nitrogens with zero attached hydrogens (tertiary/aromatic N) is 3. The molecule has 6 rings (SSSR count). The first-order chi connectivity index (χ1) is 20.2. The van der Waals surface area contributed by atoms with Crippen molar-refractivity contribution in [3.8, 4) is 28.8 Å². The number of hydrogen-bond donors (Lipinski definition) is 1. The summed E-state index contributed by atoms with van der Waals surface area (Å²) in [5, 5.41) is 12.2. The third kappa shape index (κ3) is 5.63. The Morgan fingerprint density at radius 2 is 1.67 bits per heavy atom. The molecule has 1 N–H and O–H groups in total. The average Bonchev–Trinajstić information content (AvgIpc) is 3.64. The monoisotopic (exact) mass is 578 g/mol. The summed E-state index contributed by atoms with van der Waals surface area (Å²) in [4.78, 5) is 32.7. The zero-order valence-corrected chi connectivity index (χ0v) is 22.7. The Labute approximate surface area is 240 Å². The van der Waals surface area contributed by atoms with Crippen LogP contribution in [0.5, 0.6) is 0 Å². The van der Waals surface area contributed by atoms with Crippen molar-refractivity contribution in [1.29, 1.82) is 5.26 Å². The lowest BCUT2D eigenvalue weighted by atomic mass is 9.74. The number of amides is 2. The number of rotatable bonds is 6. The molecule has 2 aromatic carbocycles. The van der Waals surface area contributed by atoms with Crippen molar-refractivity contribution < 1.29 is 31.9 Å². The molecule has 3 aromatic rings. The van der Waals surface area contributed by atoms with E-state index in [0.717, 1.165) is 0 Å². The highest BCUT2D eigenvalue weighted by Gasteiger charge is 2.51. The number of carbonyl (C=O) groups excluding carboxylic acids is 2. The Balaban J connectivity index is 1.37. The Hall–Kier alpha value is -4.17. The molecular weight excluding hydrogens is 549 g/mol. The standard InChI is InChI=1S/C31H29F3N4O4/c32-22-7-5-20(6-8-22)28-36-25(19-1-3-21(4-2-19)29(40)38-13-15-41-16-14-38)26(42-28)23-9-10-31(33,34)17-24(23)27(39)37-30(18-35)11-12-30/h1-8,23-24H,9-17H2,(H,37,39)/t23-,24-/m1/s1. The summed E-state index contributed by atoms with van der Waals surface area (Å²) in [5.41, 5.74) is 0.875. The molecule has 11 heteroatoms. The third-order valence-corrected chi connectivity index (χ3v) is 8.27. The van der Waals surface area contributed by atoms with E-state index in [1.807, 2.05) is 0 Å². The summed E-state index contributed by atoms with van der Waals surface area (Å²) >= 11 is 0. The number of aromatic nitrogens is 1. The first-order valence-electron chi connectivity index (χ1n) is 14.0. The van der Waals surface area contributed by atoms with Crippen LogP contribution in [0.3, 0.4) is 0 Å². The van der Waals surface area contributed by atoms with Gasteiger partial charge in [-0.1, -0.05) is 12.1 Å². The van der Waals surface area contributed by atoms with Crippen LogP contribution in [-0.2, 0) is 9.53 Å². The predicted molar refractivity (Wildman–Crippen MR) is 145 cm³/mol. The number of benzene rings is 2. The van der Waals surface area contributed by atoms with Gasteiger partial charge >= 0.3 is 0 Å². The molecule has 1 aromatic heterocycles. The van der Waals surface area contributed by atoms with E-state index in [4.69, 9.17) is 9.15 Å². The van der Waals surface area contributed by atoms with Crippen molar-refractivity contribution in [3.05, 3.63) is 65.7 Å². The lowest BCUT2D eigenvalue weighted by molar-refractivity contribution is -0.134. The van der Waals surface area contributed by atoms with Crippen molar-refractivity contribution >= 4 is 11.8 Å². The second-order valence-electron chi connectivity index (χ2n) is 11.2. The maximum atomic E-state index is 14.7. The fraction of sp³-hybridized carbons (Fsp3) is 0.419. The SMILES string of the molecule is N#CC1(NC(=O)[C@@H]2CC(F)(F)CC[C@H]2c2oc(-c3ccc(F)cc3)nc2-c2ccc(C(=O)N3CCOCC3)cc2)CC1. The molecule has 2 amide bonds. The highest BCUT2D eigenvalue weighted by Crippen LogP contribution is 2.49. The topological polar surface area (TPSA) is 108 Å². The Bertz CT molecular complexity index is 1520. The second-order valence-corrected chi connectivity index (χ2v) is 11.2. The largest absolute Gasteiger partial charge is 0.440 e. The normalized spacial score (nSPS) is 22.7. The van der Waals surface area contributed by atoms with Crippen LogP contribution >= 0.6 is 0 Å². The van der Waals surface area contributed by atoms with E-state index in [1.165, 1.54) is 24.3 Å². The first-order valence-corrected chi connectivity index (χ1v) is 14.0. The van der Waals surface area contributed by atoms with Crippen molar-refractivity contribution in [1.82, 2.24) is 15.2 Å². The van der Waals surface area contributed by atoms with Gasteiger partial charge in [0, 0.05) is 48.5 Å². The number of alkyl halides is 2. The van der Waals surface area contributed by atoms with Crippen molar-refractivity contribution in [2.45, 2.75) is 49.5 Å². The first kappa shape index (κ1) is 28.0. The van der Waals surface area contributed by atoms with Gasteiger partial charge in [-0.15, -0.1) is 0 Å². The number of ether oxygens (including phenoxy) is 1. The fourth-order valence-corrected chi connectivity index (χ4v) is 5.67. The Morgan fingerprint density at radius 1 is 1.00 bits per heavy atom. The van der Waals surface area contributed by atoms with Crippen molar-refractivity contribution in [3.63, 3.8) is 0 Å². The van der Waals surface area contributed by atoms with Gasteiger partial charge in [-0.3, -0.25) is 9.59 Å². The van der Waals surface area contributed by atoms with E-state index < -0.39 is 47.9 Å². The van der Waals surface area contributed by atoms with Crippen LogP contribution in [0.15, 0.2) is 52.9 Å². The number of carbonyl (C=O) groups is 2. The summed E-state index contributed by atoms with van der Waals surface area (Å²) in [6, 6.07) is 14.4. The Morgan fingerprint density at radius 3 is 2.31 bits per heavy atom. The molecule has 2 heterocycles. The summed E-state index contributed by atoms with van der Waals surface area (Å²) in [7, 11) is 0. The number of hydrogen-bond acceptors (Lipinski definition) is 6. The van der Waals surface area contributed by atoms with E-state index in [9.17, 15) is 28.0 Å². The molecule has 0 bridgehead atoms. The molecule has 2 atom stereocenters. The number of nitrogens with one attached hydrogen (secondary N) is 1. The molecule has 2 aliphatic carbocycles. The van der Waals surface area contributed by atoms with Gasteiger partial charge in [0.25, 0.3) is 5.91 Å². The maximum absolute atomic E-state index is 14.7.